The number of amides is 1. The van der Waals surface area contributed by atoms with E-state index in [1.807, 2.05) is 0 Å². The monoisotopic (exact) mass is 345 g/mol. The molecule has 1 fully saturated rings. The zero-order chi connectivity index (χ0) is 18.1. The van der Waals surface area contributed by atoms with Gasteiger partial charge in [-0.25, -0.2) is 0 Å². The van der Waals surface area contributed by atoms with Crippen molar-refractivity contribution in [1.82, 2.24) is 4.90 Å². The predicted octanol–water partition coefficient (Wildman–Crippen LogP) is 2.53. The third-order valence-electron chi connectivity index (χ3n) is 4.51. The highest BCUT2D eigenvalue weighted by Crippen LogP contribution is 2.36. The Balaban J connectivity index is 2.11. The first-order valence-corrected chi connectivity index (χ1v) is 7.91. The van der Waals surface area contributed by atoms with E-state index in [9.17, 15) is 28.2 Å². The molecule has 0 unspecified atom stereocenters. The number of carbonyl (C=O) groups is 1. The molecule has 1 atom stereocenters. The SMILES string of the molecule is CC(C)[C@H](O)C(=O)N1CCC(O)(c2cccc(C(F)(F)F)c2)CC1. The number of likely N-dealkylation sites (tertiary alicyclic amines) is 1. The van der Waals surface area contributed by atoms with Crippen LogP contribution in [0.15, 0.2) is 24.3 Å². The number of nitrogens with zero attached hydrogens (tertiary/aromatic N) is 1. The molecule has 1 heterocycles. The maximum atomic E-state index is 12.8. The highest BCUT2D eigenvalue weighted by molar-refractivity contribution is 5.81. The van der Waals surface area contributed by atoms with E-state index in [2.05, 4.69) is 0 Å². The summed E-state index contributed by atoms with van der Waals surface area (Å²) in [7, 11) is 0. The first-order chi connectivity index (χ1) is 11.0. The number of benzene rings is 1. The van der Waals surface area contributed by atoms with E-state index in [0.29, 0.717) is 0 Å². The minimum absolute atomic E-state index is 0.130. The lowest BCUT2D eigenvalue weighted by atomic mass is 9.83. The number of halogens is 3. The molecule has 4 nitrogen and oxygen atoms in total. The van der Waals surface area contributed by atoms with E-state index >= 15 is 0 Å². The van der Waals surface area contributed by atoms with Crippen LogP contribution in [-0.4, -0.2) is 40.2 Å². The van der Waals surface area contributed by atoms with Crippen molar-refractivity contribution in [3.05, 3.63) is 35.4 Å². The van der Waals surface area contributed by atoms with Crippen LogP contribution < -0.4 is 0 Å². The van der Waals surface area contributed by atoms with E-state index in [0.717, 1.165) is 12.1 Å². The number of piperidine rings is 1. The summed E-state index contributed by atoms with van der Waals surface area (Å²) in [6, 6.07) is 4.66. The number of hydrogen-bond acceptors (Lipinski definition) is 3. The molecular weight excluding hydrogens is 323 g/mol. The van der Waals surface area contributed by atoms with Gasteiger partial charge in [0.2, 0.25) is 0 Å². The van der Waals surface area contributed by atoms with E-state index in [1.54, 1.807) is 13.8 Å². The van der Waals surface area contributed by atoms with Gasteiger partial charge in [-0.3, -0.25) is 4.79 Å². The number of aliphatic hydroxyl groups is 2. The first kappa shape index (κ1) is 18.7. The summed E-state index contributed by atoms with van der Waals surface area (Å²) in [5.74, 6) is -0.627. The number of alkyl halides is 3. The first-order valence-electron chi connectivity index (χ1n) is 7.91. The maximum Gasteiger partial charge on any atom is 0.416 e. The average Bonchev–Trinajstić information content (AvgIpc) is 2.53. The number of hydrogen-bond donors (Lipinski definition) is 2. The molecular formula is C17H22F3NO3. The van der Waals surface area contributed by atoms with Gasteiger partial charge in [0.05, 0.1) is 11.2 Å². The van der Waals surface area contributed by atoms with Crippen LogP contribution in [-0.2, 0) is 16.6 Å². The molecule has 24 heavy (non-hydrogen) atoms. The maximum absolute atomic E-state index is 12.8. The van der Waals surface area contributed by atoms with Crippen molar-refractivity contribution in [2.45, 2.75) is 44.6 Å². The van der Waals surface area contributed by atoms with Crippen molar-refractivity contribution >= 4 is 5.91 Å². The molecule has 134 valence electrons. The standard InChI is InChI=1S/C17H22F3NO3/c1-11(2)14(22)15(23)21-8-6-16(24,7-9-21)12-4-3-5-13(10-12)17(18,19)20/h3-5,10-11,14,22,24H,6-9H2,1-2H3/t14-/m0/s1. The van der Waals surface area contributed by atoms with Crippen LogP contribution in [0.4, 0.5) is 13.2 Å². The average molecular weight is 345 g/mol. The van der Waals surface area contributed by atoms with Gasteiger partial charge in [-0.15, -0.1) is 0 Å². The van der Waals surface area contributed by atoms with E-state index < -0.39 is 29.4 Å². The van der Waals surface area contributed by atoms with Crippen molar-refractivity contribution in [2.24, 2.45) is 5.92 Å². The smallest absolute Gasteiger partial charge is 0.385 e. The molecule has 1 saturated heterocycles. The molecule has 1 aliphatic heterocycles. The Kier molecular flexibility index (Phi) is 5.25. The minimum Gasteiger partial charge on any atom is -0.385 e. The molecule has 0 spiro atoms. The number of rotatable bonds is 3. The van der Waals surface area contributed by atoms with Crippen LogP contribution in [0, 0.1) is 5.92 Å². The fourth-order valence-electron chi connectivity index (χ4n) is 2.84. The molecule has 2 rings (SSSR count). The summed E-state index contributed by atoms with van der Waals surface area (Å²) in [4.78, 5) is 13.6. The quantitative estimate of drug-likeness (QED) is 0.885. The highest BCUT2D eigenvalue weighted by Gasteiger charge is 2.39. The number of carbonyl (C=O) groups excluding carboxylic acids is 1. The van der Waals surface area contributed by atoms with Crippen LogP contribution in [0.25, 0.3) is 0 Å². The summed E-state index contributed by atoms with van der Waals surface area (Å²) in [6.45, 7) is 3.84. The second kappa shape index (κ2) is 6.72. The zero-order valence-electron chi connectivity index (χ0n) is 13.7. The normalized spacial score (nSPS) is 19.4. The largest absolute Gasteiger partial charge is 0.416 e. The number of aliphatic hydroxyl groups excluding tert-OH is 1. The second-order valence-corrected chi connectivity index (χ2v) is 6.62. The topological polar surface area (TPSA) is 60.8 Å². The molecule has 1 amide bonds. The van der Waals surface area contributed by atoms with Crippen molar-refractivity contribution in [2.75, 3.05) is 13.1 Å². The fourth-order valence-corrected chi connectivity index (χ4v) is 2.84. The molecule has 0 bridgehead atoms. The van der Waals surface area contributed by atoms with Gasteiger partial charge in [0, 0.05) is 13.1 Å². The van der Waals surface area contributed by atoms with E-state index in [-0.39, 0.29) is 37.4 Å². The Hall–Kier alpha value is -1.60. The van der Waals surface area contributed by atoms with Gasteiger partial charge in [0.25, 0.3) is 5.91 Å². The summed E-state index contributed by atoms with van der Waals surface area (Å²) < 4.78 is 38.5. The Morgan fingerprint density at radius 2 is 1.83 bits per heavy atom. The van der Waals surface area contributed by atoms with Crippen LogP contribution >= 0.6 is 0 Å². The molecule has 2 N–H and O–H groups in total. The van der Waals surface area contributed by atoms with Gasteiger partial charge in [-0.2, -0.15) is 13.2 Å². The lowest BCUT2D eigenvalue weighted by Gasteiger charge is -2.39. The van der Waals surface area contributed by atoms with E-state index in [1.165, 1.54) is 17.0 Å². The Morgan fingerprint density at radius 1 is 1.25 bits per heavy atom. The van der Waals surface area contributed by atoms with Crippen molar-refractivity contribution in [3.63, 3.8) is 0 Å². The molecule has 1 aliphatic rings. The van der Waals surface area contributed by atoms with Crippen molar-refractivity contribution in [1.29, 1.82) is 0 Å². The molecule has 0 radical (unpaired) electrons. The fraction of sp³-hybridized carbons (Fsp3) is 0.588. The third-order valence-corrected chi connectivity index (χ3v) is 4.51. The van der Waals surface area contributed by atoms with Crippen molar-refractivity contribution in [3.8, 4) is 0 Å². The minimum atomic E-state index is -4.47. The summed E-state index contributed by atoms with van der Waals surface area (Å²) in [5, 5.41) is 20.6. The van der Waals surface area contributed by atoms with Gasteiger partial charge in [-0.1, -0.05) is 26.0 Å². The van der Waals surface area contributed by atoms with Crippen LogP contribution in [0.1, 0.15) is 37.8 Å². The third kappa shape index (κ3) is 3.89. The molecule has 1 aromatic rings. The molecule has 0 aromatic heterocycles. The Bertz CT molecular complexity index is 593. The van der Waals surface area contributed by atoms with Gasteiger partial charge in [0.1, 0.15) is 6.10 Å². The van der Waals surface area contributed by atoms with Gasteiger partial charge < -0.3 is 15.1 Å². The molecule has 0 aliphatic carbocycles. The lowest BCUT2D eigenvalue weighted by molar-refractivity contribution is -0.146. The van der Waals surface area contributed by atoms with E-state index in [4.69, 9.17) is 0 Å². The highest BCUT2D eigenvalue weighted by atomic mass is 19.4. The molecule has 1 aromatic carbocycles. The van der Waals surface area contributed by atoms with Gasteiger partial charge in [-0.05, 0) is 36.5 Å². The molecule has 0 saturated carbocycles. The second-order valence-electron chi connectivity index (χ2n) is 6.62. The van der Waals surface area contributed by atoms with Crippen molar-refractivity contribution < 1.29 is 28.2 Å². The Morgan fingerprint density at radius 3 is 2.33 bits per heavy atom. The van der Waals surface area contributed by atoms with Crippen LogP contribution in [0.2, 0.25) is 0 Å². The lowest BCUT2D eigenvalue weighted by Crippen LogP contribution is -2.49. The predicted molar refractivity (Wildman–Crippen MR) is 82.0 cm³/mol. The van der Waals surface area contributed by atoms with Gasteiger partial charge in [0.15, 0.2) is 0 Å². The zero-order valence-corrected chi connectivity index (χ0v) is 13.7. The van der Waals surface area contributed by atoms with Crippen LogP contribution in [0.5, 0.6) is 0 Å². The summed E-state index contributed by atoms with van der Waals surface area (Å²) in [6.07, 6.45) is -5.31. The Labute approximate surface area is 138 Å². The van der Waals surface area contributed by atoms with Crippen LogP contribution in [0.3, 0.4) is 0 Å². The van der Waals surface area contributed by atoms with Gasteiger partial charge >= 0.3 is 6.18 Å². The summed E-state index contributed by atoms with van der Waals surface area (Å²) >= 11 is 0. The summed E-state index contributed by atoms with van der Waals surface area (Å²) in [5.41, 5.74) is -2.00. The molecule has 7 heteroatoms.